The maximum atomic E-state index is 3.87. The highest BCUT2D eigenvalue weighted by molar-refractivity contribution is 5.63. The van der Waals surface area contributed by atoms with E-state index in [1.807, 2.05) is 20.1 Å². The fraction of sp³-hybridized carbons (Fsp3) is 0.875. The van der Waals surface area contributed by atoms with E-state index < -0.39 is 0 Å². The lowest BCUT2D eigenvalue weighted by atomic mass is 9.99. The average Bonchev–Trinajstić information content (AvgIpc) is 1.87. The van der Waals surface area contributed by atoms with Crippen molar-refractivity contribution < 1.29 is 0 Å². The lowest BCUT2D eigenvalue weighted by Crippen LogP contribution is -2.09. The Labute approximate surface area is 64.7 Å². The highest BCUT2D eigenvalue weighted by atomic mass is 15.3. The van der Waals surface area contributed by atoms with E-state index in [1.54, 1.807) is 7.05 Å². The van der Waals surface area contributed by atoms with Crippen LogP contribution in [-0.4, -0.2) is 13.3 Å². The molecule has 0 heterocycles. The molecule has 0 aliphatic carbocycles. The summed E-state index contributed by atoms with van der Waals surface area (Å²) in [5.41, 5.74) is 2.89. The lowest BCUT2D eigenvalue weighted by molar-refractivity contribution is 0.600. The van der Waals surface area contributed by atoms with Gasteiger partial charge in [-0.25, -0.2) is 0 Å². The molecule has 0 amide bonds. The molecule has 1 N–H and O–H groups in total. The maximum Gasteiger partial charge on any atom is 0.0296 e. The Morgan fingerprint density at radius 3 is 1.70 bits per heavy atom. The van der Waals surface area contributed by atoms with Crippen LogP contribution in [0.5, 0.6) is 0 Å². The summed E-state index contributed by atoms with van der Waals surface area (Å²) in [6, 6.07) is 0. The van der Waals surface area contributed by atoms with Crippen LogP contribution in [0.2, 0.25) is 0 Å². The molecule has 0 aliphatic heterocycles. The molecule has 0 fully saturated rings. The molecule has 2 nitrogen and oxygen atoms in total. The zero-order valence-corrected chi connectivity index (χ0v) is 8.02. The molecule has 0 spiro atoms. The van der Waals surface area contributed by atoms with E-state index >= 15 is 0 Å². The number of nitrogens with zero attached hydrogens (tertiary/aromatic N) is 1. The molecule has 0 aliphatic rings. The fourth-order valence-corrected chi connectivity index (χ4v) is 0.258. The van der Waals surface area contributed by atoms with Gasteiger partial charge < -0.3 is 5.43 Å². The minimum absolute atomic E-state index is 0.197. The minimum Gasteiger partial charge on any atom is -0.313 e. The van der Waals surface area contributed by atoms with Crippen LogP contribution in [0.4, 0.5) is 0 Å². The Morgan fingerprint density at radius 1 is 1.20 bits per heavy atom. The first-order chi connectivity index (χ1) is 4.56. The summed E-state index contributed by atoms with van der Waals surface area (Å²) in [6.45, 7) is 10.3. The van der Waals surface area contributed by atoms with Crippen LogP contribution in [0.3, 0.4) is 0 Å². The Hall–Kier alpha value is -0.530. The van der Waals surface area contributed by atoms with E-state index in [0.29, 0.717) is 0 Å². The first kappa shape index (κ1) is 12.2. The van der Waals surface area contributed by atoms with Crippen molar-refractivity contribution in [3.63, 3.8) is 0 Å². The smallest absolute Gasteiger partial charge is 0.0296 e. The standard InChI is InChI=1S/C6H14N2.C2H6/c1-6(2,3)5-8-7-4;1-2/h5,7H,1-4H3;1-2H3/b8-5-;. The molecule has 0 atom stereocenters. The number of hydrogen-bond acceptors (Lipinski definition) is 2. The van der Waals surface area contributed by atoms with Crippen LogP contribution >= 0.6 is 0 Å². The molecule has 0 rings (SSSR count). The topological polar surface area (TPSA) is 24.4 Å². The summed E-state index contributed by atoms with van der Waals surface area (Å²) in [5.74, 6) is 0. The molecular formula is C8H20N2. The molecule has 0 saturated heterocycles. The van der Waals surface area contributed by atoms with E-state index in [1.165, 1.54) is 0 Å². The molecule has 0 radical (unpaired) electrons. The van der Waals surface area contributed by atoms with Gasteiger partial charge in [0.15, 0.2) is 0 Å². The zero-order chi connectivity index (χ0) is 8.62. The first-order valence-electron chi connectivity index (χ1n) is 3.77. The monoisotopic (exact) mass is 144 g/mol. The van der Waals surface area contributed by atoms with Crippen molar-refractivity contribution in [2.45, 2.75) is 34.6 Å². The fourth-order valence-electron chi connectivity index (χ4n) is 0.258. The quantitative estimate of drug-likeness (QED) is 0.443. The molecule has 0 aromatic carbocycles. The number of nitrogens with one attached hydrogen (secondary N) is 1. The third-order valence-corrected chi connectivity index (χ3v) is 0.581. The SMILES string of the molecule is CC.CN/N=C\C(C)(C)C. The molecule has 0 bridgehead atoms. The van der Waals surface area contributed by atoms with Gasteiger partial charge in [-0.05, 0) is 5.41 Å². The van der Waals surface area contributed by atoms with Gasteiger partial charge in [0.1, 0.15) is 0 Å². The summed E-state index contributed by atoms with van der Waals surface area (Å²) < 4.78 is 0. The Balaban J connectivity index is 0. The van der Waals surface area contributed by atoms with Crippen molar-refractivity contribution >= 4 is 6.21 Å². The maximum absolute atomic E-state index is 3.87. The molecule has 62 valence electrons. The number of rotatable bonds is 1. The highest BCUT2D eigenvalue weighted by Gasteiger charge is 2.03. The molecule has 10 heavy (non-hydrogen) atoms. The van der Waals surface area contributed by atoms with Crippen molar-refractivity contribution in [3.05, 3.63) is 0 Å². The van der Waals surface area contributed by atoms with Crippen LogP contribution < -0.4 is 5.43 Å². The second-order valence-electron chi connectivity index (χ2n) is 2.85. The molecule has 0 aromatic heterocycles. The van der Waals surface area contributed by atoms with Crippen molar-refractivity contribution in [2.24, 2.45) is 10.5 Å². The van der Waals surface area contributed by atoms with Crippen molar-refractivity contribution in [3.8, 4) is 0 Å². The van der Waals surface area contributed by atoms with Gasteiger partial charge in [-0.15, -0.1) is 0 Å². The predicted octanol–water partition coefficient (Wildman–Crippen LogP) is 2.26. The van der Waals surface area contributed by atoms with Gasteiger partial charge in [-0.3, -0.25) is 0 Å². The first-order valence-corrected chi connectivity index (χ1v) is 3.77. The second-order valence-corrected chi connectivity index (χ2v) is 2.85. The zero-order valence-electron chi connectivity index (χ0n) is 8.02. The minimum atomic E-state index is 0.197. The number of hydrazone groups is 1. The van der Waals surface area contributed by atoms with Crippen molar-refractivity contribution in [2.75, 3.05) is 7.05 Å². The van der Waals surface area contributed by atoms with Gasteiger partial charge in [-0.1, -0.05) is 34.6 Å². The van der Waals surface area contributed by atoms with Crippen LogP contribution in [-0.2, 0) is 0 Å². The van der Waals surface area contributed by atoms with E-state index in [-0.39, 0.29) is 5.41 Å². The predicted molar refractivity (Wildman–Crippen MR) is 48.4 cm³/mol. The van der Waals surface area contributed by atoms with E-state index in [9.17, 15) is 0 Å². The summed E-state index contributed by atoms with van der Waals surface area (Å²) in [4.78, 5) is 0. The summed E-state index contributed by atoms with van der Waals surface area (Å²) >= 11 is 0. The van der Waals surface area contributed by atoms with Crippen molar-refractivity contribution in [1.29, 1.82) is 0 Å². The summed E-state index contributed by atoms with van der Waals surface area (Å²) in [7, 11) is 1.79. The average molecular weight is 144 g/mol. The third-order valence-electron chi connectivity index (χ3n) is 0.581. The van der Waals surface area contributed by atoms with E-state index in [2.05, 4.69) is 31.3 Å². The Bertz CT molecular complexity index is 79.7. The molecule has 0 aromatic rings. The highest BCUT2D eigenvalue weighted by Crippen LogP contribution is 2.07. The lowest BCUT2D eigenvalue weighted by Gasteiger charge is -2.08. The van der Waals surface area contributed by atoms with Crippen LogP contribution in [0.1, 0.15) is 34.6 Å². The van der Waals surface area contributed by atoms with E-state index in [0.717, 1.165) is 0 Å². The van der Waals surface area contributed by atoms with Gasteiger partial charge in [0.05, 0.1) is 0 Å². The van der Waals surface area contributed by atoms with Gasteiger partial charge in [0.25, 0.3) is 0 Å². The molecule has 2 heteroatoms. The van der Waals surface area contributed by atoms with Crippen molar-refractivity contribution in [1.82, 2.24) is 5.43 Å². The molecule has 0 saturated carbocycles. The van der Waals surface area contributed by atoms with Gasteiger partial charge in [-0.2, -0.15) is 5.10 Å². The van der Waals surface area contributed by atoms with Crippen LogP contribution in [0.15, 0.2) is 5.10 Å². The van der Waals surface area contributed by atoms with Gasteiger partial charge in [0.2, 0.25) is 0 Å². The van der Waals surface area contributed by atoms with E-state index in [4.69, 9.17) is 0 Å². The Kier molecular flexibility index (Phi) is 8.02. The summed E-state index contributed by atoms with van der Waals surface area (Å²) in [6.07, 6.45) is 1.88. The largest absolute Gasteiger partial charge is 0.313 e. The second kappa shape index (κ2) is 6.59. The summed E-state index contributed by atoms with van der Waals surface area (Å²) in [5, 5.41) is 3.87. The van der Waals surface area contributed by atoms with Gasteiger partial charge >= 0.3 is 0 Å². The normalized spacial score (nSPS) is 10.6. The third kappa shape index (κ3) is 15.6. The molecular weight excluding hydrogens is 124 g/mol. The Morgan fingerprint density at radius 2 is 1.60 bits per heavy atom. The number of hydrogen-bond donors (Lipinski definition) is 1. The van der Waals surface area contributed by atoms with Crippen LogP contribution in [0.25, 0.3) is 0 Å². The molecule has 0 unspecified atom stereocenters. The van der Waals surface area contributed by atoms with Gasteiger partial charge in [0, 0.05) is 13.3 Å². The van der Waals surface area contributed by atoms with Crippen LogP contribution in [0, 0.1) is 5.41 Å².